The normalized spacial score (nSPS) is 17.4. The summed E-state index contributed by atoms with van der Waals surface area (Å²) in [4.78, 5) is 12.0. The molecule has 3 rings (SSSR count). The highest BCUT2D eigenvalue weighted by atomic mass is 35.5. The second-order valence-corrected chi connectivity index (χ2v) is 5.08. The summed E-state index contributed by atoms with van der Waals surface area (Å²) in [5, 5.41) is 4.12. The standard InChI is InChI=1S/C14H9Cl2NO/c15-9-3-1-8(2-4-9)13-11-6-5-10(16)7-12(11)17-14(13)18/h1-7,13H,(H,17,18). The van der Waals surface area contributed by atoms with Crippen LogP contribution in [0.25, 0.3) is 0 Å². The Hall–Kier alpha value is -1.51. The molecule has 0 saturated heterocycles. The summed E-state index contributed by atoms with van der Waals surface area (Å²) in [5.74, 6) is -0.316. The Balaban J connectivity index is 2.09. The second kappa shape index (κ2) is 4.30. The Labute approximate surface area is 115 Å². The zero-order valence-corrected chi connectivity index (χ0v) is 10.8. The van der Waals surface area contributed by atoms with E-state index in [-0.39, 0.29) is 11.8 Å². The van der Waals surface area contributed by atoms with Gasteiger partial charge in [0.15, 0.2) is 0 Å². The Morgan fingerprint density at radius 2 is 1.61 bits per heavy atom. The highest BCUT2D eigenvalue weighted by Gasteiger charge is 2.31. The molecule has 1 aliphatic heterocycles. The maximum absolute atomic E-state index is 12.0. The van der Waals surface area contributed by atoms with Gasteiger partial charge >= 0.3 is 0 Å². The van der Waals surface area contributed by atoms with E-state index in [9.17, 15) is 4.79 Å². The van der Waals surface area contributed by atoms with Crippen LogP contribution in [-0.2, 0) is 4.79 Å². The van der Waals surface area contributed by atoms with Crippen LogP contribution in [0, 0.1) is 0 Å². The number of benzene rings is 2. The number of hydrogen-bond donors (Lipinski definition) is 1. The lowest BCUT2D eigenvalue weighted by Gasteiger charge is -2.09. The van der Waals surface area contributed by atoms with Crippen molar-refractivity contribution in [1.82, 2.24) is 0 Å². The van der Waals surface area contributed by atoms with Crippen LogP contribution in [-0.4, -0.2) is 5.91 Å². The minimum absolute atomic E-state index is 0.0328. The molecule has 90 valence electrons. The number of carbonyl (C=O) groups is 1. The van der Waals surface area contributed by atoms with E-state index in [1.54, 1.807) is 24.3 Å². The van der Waals surface area contributed by atoms with Gasteiger partial charge in [-0.05, 0) is 35.4 Å². The molecule has 1 unspecified atom stereocenters. The van der Waals surface area contributed by atoms with Crippen molar-refractivity contribution < 1.29 is 4.79 Å². The molecular weight excluding hydrogens is 269 g/mol. The van der Waals surface area contributed by atoms with E-state index in [1.807, 2.05) is 18.2 Å². The zero-order valence-electron chi connectivity index (χ0n) is 9.28. The molecule has 1 aliphatic rings. The van der Waals surface area contributed by atoms with Crippen LogP contribution in [0.4, 0.5) is 5.69 Å². The minimum atomic E-state index is -0.283. The van der Waals surface area contributed by atoms with Crippen molar-refractivity contribution >= 4 is 34.8 Å². The Kier molecular flexibility index (Phi) is 2.77. The van der Waals surface area contributed by atoms with Gasteiger partial charge in [-0.25, -0.2) is 0 Å². The fourth-order valence-corrected chi connectivity index (χ4v) is 2.52. The molecule has 2 nitrogen and oxygen atoms in total. The van der Waals surface area contributed by atoms with Gasteiger partial charge in [-0.15, -0.1) is 0 Å². The fourth-order valence-electron chi connectivity index (χ4n) is 2.22. The predicted octanol–water partition coefficient (Wildman–Crippen LogP) is 4.08. The third-order valence-corrected chi connectivity index (χ3v) is 3.54. The molecule has 2 aromatic rings. The molecule has 0 aliphatic carbocycles. The van der Waals surface area contributed by atoms with Crippen molar-refractivity contribution in [2.75, 3.05) is 5.32 Å². The molecule has 1 heterocycles. The number of fused-ring (bicyclic) bond motifs is 1. The second-order valence-electron chi connectivity index (χ2n) is 4.21. The van der Waals surface area contributed by atoms with Crippen LogP contribution < -0.4 is 5.32 Å². The quantitative estimate of drug-likeness (QED) is 0.836. The summed E-state index contributed by atoms with van der Waals surface area (Å²) in [6.45, 7) is 0. The minimum Gasteiger partial charge on any atom is -0.325 e. The highest BCUT2D eigenvalue weighted by Crippen LogP contribution is 2.38. The van der Waals surface area contributed by atoms with E-state index in [4.69, 9.17) is 23.2 Å². The monoisotopic (exact) mass is 277 g/mol. The van der Waals surface area contributed by atoms with Crippen LogP contribution >= 0.6 is 23.2 Å². The number of anilines is 1. The largest absolute Gasteiger partial charge is 0.325 e. The summed E-state index contributed by atoms with van der Waals surface area (Å²) < 4.78 is 0. The number of carbonyl (C=O) groups excluding carboxylic acids is 1. The first-order chi connectivity index (χ1) is 8.65. The lowest BCUT2D eigenvalue weighted by atomic mass is 9.93. The van der Waals surface area contributed by atoms with Gasteiger partial charge in [0, 0.05) is 15.7 Å². The van der Waals surface area contributed by atoms with Crippen molar-refractivity contribution in [3.05, 3.63) is 63.6 Å². The smallest absolute Gasteiger partial charge is 0.236 e. The summed E-state index contributed by atoms with van der Waals surface area (Å²) in [5.41, 5.74) is 2.66. The van der Waals surface area contributed by atoms with Crippen molar-refractivity contribution in [2.24, 2.45) is 0 Å². The molecule has 0 spiro atoms. The number of amides is 1. The van der Waals surface area contributed by atoms with E-state index in [1.165, 1.54) is 0 Å². The van der Waals surface area contributed by atoms with E-state index in [0.29, 0.717) is 10.0 Å². The van der Waals surface area contributed by atoms with Gasteiger partial charge in [-0.2, -0.15) is 0 Å². The molecule has 0 bridgehead atoms. The number of rotatable bonds is 1. The molecule has 0 aromatic heterocycles. The Morgan fingerprint density at radius 3 is 2.33 bits per heavy atom. The molecule has 18 heavy (non-hydrogen) atoms. The molecule has 2 aromatic carbocycles. The summed E-state index contributed by atoms with van der Waals surface area (Å²) in [6, 6.07) is 12.8. The van der Waals surface area contributed by atoms with Gasteiger partial charge in [0.1, 0.15) is 0 Å². The lowest BCUT2D eigenvalue weighted by molar-refractivity contribution is -0.116. The van der Waals surface area contributed by atoms with Gasteiger partial charge in [-0.3, -0.25) is 4.79 Å². The van der Waals surface area contributed by atoms with E-state index < -0.39 is 0 Å². The van der Waals surface area contributed by atoms with Crippen LogP contribution in [0.1, 0.15) is 17.0 Å². The van der Waals surface area contributed by atoms with Gasteiger partial charge in [0.05, 0.1) is 5.92 Å². The average molecular weight is 278 g/mol. The molecule has 1 amide bonds. The molecule has 1 atom stereocenters. The third kappa shape index (κ3) is 1.88. The summed E-state index contributed by atoms with van der Waals surface area (Å²) in [6.07, 6.45) is 0. The third-order valence-electron chi connectivity index (χ3n) is 3.05. The zero-order chi connectivity index (χ0) is 12.7. The van der Waals surface area contributed by atoms with Crippen LogP contribution in [0.2, 0.25) is 10.0 Å². The molecule has 4 heteroatoms. The maximum Gasteiger partial charge on any atom is 0.236 e. The highest BCUT2D eigenvalue weighted by molar-refractivity contribution is 6.31. The first-order valence-corrected chi connectivity index (χ1v) is 6.26. The number of nitrogens with one attached hydrogen (secondary N) is 1. The van der Waals surface area contributed by atoms with Crippen LogP contribution in [0.3, 0.4) is 0 Å². The van der Waals surface area contributed by atoms with Crippen LogP contribution in [0.15, 0.2) is 42.5 Å². The Morgan fingerprint density at radius 1 is 0.944 bits per heavy atom. The number of halogens is 2. The van der Waals surface area contributed by atoms with Crippen molar-refractivity contribution in [3.63, 3.8) is 0 Å². The molecular formula is C14H9Cl2NO. The SMILES string of the molecule is O=C1Nc2cc(Cl)ccc2C1c1ccc(Cl)cc1. The predicted molar refractivity (Wildman–Crippen MR) is 73.4 cm³/mol. The Bertz CT molecular complexity index is 622. The number of hydrogen-bond acceptors (Lipinski definition) is 1. The first-order valence-electron chi connectivity index (χ1n) is 5.51. The van der Waals surface area contributed by atoms with E-state index >= 15 is 0 Å². The van der Waals surface area contributed by atoms with Crippen molar-refractivity contribution in [3.8, 4) is 0 Å². The topological polar surface area (TPSA) is 29.1 Å². The van der Waals surface area contributed by atoms with Gasteiger partial charge in [-0.1, -0.05) is 41.4 Å². The molecule has 1 N–H and O–H groups in total. The van der Waals surface area contributed by atoms with Gasteiger partial charge in [0.25, 0.3) is 0 Å². The van der Waals surface area contributed by atoms with Crippen LogP contribution in [0.5, 0.6) is 0 Å². The first kappa shape index (κ1) is 11.6. The van der Waals surface area contributed by atoms with Crippen molar-refractivity contribution in [2.45, 2.75) is 5.92 Å². The molecule has 0 saturated carbocycles. The van der Waals surface area contributed by atoms with Gasteiger partial charge in [0.2, 0.25) is 5.91 Å². The summed E-state index contributed by atoms with van der Waals surface area (Å²) in [7, 11) is 0. The maximum atomic E-state index is 12.0. The van der Waals surface area contributed by atoms with E-state index in [2.05, 4.69) is 5.32 Å². The fraction of sp³-hybridized carbons (Fsp3) is 0.0714. The van der Waals surface area contributed by atoms with Crippen molar-refractivity contribution in [1.29, 1.82) is 0 Å². The van der Waals surface area contributed by atoms with E-state index in [0.717, 1.165) is 16.8 Å². The lowest BCUT2D eigenvalue weighted by Crippen LogP contribution is -2.12. The molecule has 0 radical (unpaired) electrons. The summed E-state index contributed by atoms with van der Waals surface area (Å²) >= 11 is 11.8. The average Bonchev–Trinajstić information content (AvgIpc) is 2.65. The van der Waals surface area contributed by atoms with Gasteiger partial charge < -0.3 is 5.32 Å². The molecule has 0 fully saturated rings.